The van der Waals surface area contributed by atoms with Crippen LogP contribution in [-0.4, -0.2) is 35.8 Å². The van der Waals surface area contributed by atoms with Gasteiger partial charge in [0.25, 0.3) is 17.7 Å². The lowest BCUT2D eigenvalue weighted by Gasteiger charge is -2.49. The number of hydrogen-bond donors (Lipinski definition) is 0. The Hall–Kier alpha value is -3.93. The van der Waals surface area contributed by atoms with Gasteiger partial charge in [-0.2, -0.15) is 0 Å². The Morgan fingerprint density at radius 2 is 1.42 bits per heavy atom. The van der Waals surface area contributed by atoms with Crippen molar-refractivity contribution in [3.8, 4) is 5.75 Å². The molecule has 5 rings (SSSR count). The van der Waals surface area contributed by atoms with Crippen molar-refractivity contribution in [3.05, 3.63) is 95.1 Å². The van der Waals surface area contributed by atoms with Gasteiger partial charge in [-0.3, -0.25) is 19.3 Å². The van der Waals surface area contributed by atoms with Gasteiger partial charge in [-0.15, -0.1) is 0 Å². The number of rotatable bonds is 4. The van der Waals surface area contributed by atoms with Crippen LogP contribution >= 0.6 is 0 Å². The van der Waals surface area contributed by atoms with Crippen LogP contribution in [0.3, 0.4) is 0 Å². The molecule has 3 aromatic carbocycles. The summed E-state index contributed by atoms with van der Waals surface area (Å²) < 4.78 is 5.36. The number of benzene rings is 3. The van der Waals surface area contributed by atoms with E-state index in [0.717, 1.165) is 21.7 Å². The van der Waals surface area contributed by atoms with Crippen LogP contribution in [-0.2, 0) is 4.79 Å². The lowest BCUT2D eigenvalue weighted by Crippen LogP contribution is -2.67. The van der Waals surface area contributed by atoms with E-state index in [-0.39, 0.29) is 5.91 Å². The number of imide groups is 1. The number of carbonyl (C=O) groups excluding carboxylic acids is 3. The van der Waals surface area contributed by atoms with Crippen LogP contribution in [0.15, 0.2) is 72.8 Å². The first kappa shape index (κ1) is 19.1. The first-order valence-corrected chi connectivity index (χ1v) is 10.0. The molecule has 6 nitrogen and oxygen atoms in total. The molecule has 2 aliphatic heterocycles. The van der Waals surface area contributed by atoms with E-state index in [1.165, 1.54) is 0 Å². The molecule has 2 heterocycles. The lowest BCUT2D eigenvalue weighted by molar-refractivity contribution is -0.130. The predicted octanol–water partition coefficient (Wildman–Crippen LogP) is 3.76. The Kier molecular flexibility index (Phi) is 4.36. The van der Waals surface area contributed by atoms with Crippen molar-refractivity contribution in [2.45, 2.75) is 19.0 Å². The molecule has 0 saturated carbocycles. The van der Waals surface area contributed by atoms with Crippen LogP contribution in [0, 0.1) is 6.92 Å². The molecule has 6 heteroatoms. The van der Waals surface area contributed by atoms with Crippen LogP contribution in [0.2, 0.25) is 0 Å². The smallest absolute Gasteiger partial charge is 0.262 e. The Balaban J connectivity index is 1.61. The van der Waals surface area contributed by atoms with Crippen LogP contribution < -0.4 is 9.64 Å². The number of nitrogens with zero attached hydrogens (tertiary/aromatic N) is 2. The molecule has 1 saturated heterocycles. The molecule has 0 bridgehead atoms. The van der Waals surface area contributed by atoms with E-state index in [1.54, 1.807) is 36.3 Å². The number of fused-ring (bicyclic) bond motifs is 1. The molecule has 31 heavy (non-hydrogen) atoms. The molecule has 2 aliphatic rings. The predicted molar refractivity (Wildman–Crippen MR) is 115 cm³/mol. The van der Waals surface area contributed by atoms with Gasteiger partial charge in [-0.05, 0) is 54.4 Å². The SMILES string of the molecule is COc1cccc(C2C(N3C(=O)c4ccccc4C3=O)C(=O)N2c2cccc(C)c2)c1. The van der Waals surface area contributed by atoms with Crippen LogP contribution in [0.5, 0.6) is 5.75 Å². The standard InChI is InChI=1S/C25H20N2O4/c1-15-7-5-9-17(13-15)26-21(16-8-6-10-18(14-16)31-2)22(25(26)30)27-23(28)19-11-3-4-12-20(19)24(27)29/h3-14,21-22H,1-2H3. The fourth-order valence-electron chi connectivity index (χ4n) is 4.41. The zero-order chi connectivity index (χ0) is 21.7. The van der Waals surface area contributed by atoms with Crippen molar-refractivity contribution in [1.29, 1.82) is 0 Å². The number of hydrogen-bond acceptors (Lipinski definition) is 4. The van der Waals surface area contributed by atoms with Gasteiger partial charge in [0.2, 0.25) is 0 Å². The Morgan fingerprint density at radius 3 is 2.06 bits per heavy atom. The molecule has 0 N–H and O–H groups in total. The highest BCUT2D eigenvalue weighted by atomic mass is 16.5. The van der Waals surface area contributed by atoms with E-state index < -0.39 is 23.9 Å². The van der Waals surface area contributed by atoms with Crippen LogP contribution in [0.25, 0.3) is 0 Å². The Bertz CT molecular complexity index is 1200. The molecule has 2 atom stereocenters. The van der Waals surface area contributed by atoms with E-state index in [4.69, 9.17) is 4.74 Å². The van der Waals surface area contributed by atoms with Gasteiger partial charge in [-0.1, -0.05) is 36.4 Å². The molecule has 154 valence electrons. The molecule has 0 aromatic heterocycles. The van der Waals surface area contributed by atoms with Crippen molar-refractivity contribution >= 4 is 23.4 Å². The van der Waals surface area contributed by atoms with Crippen molar-refractivity contribution < 1.29 is 19.1 Å². The second-order valence-electron chi connectivity index (χ2n) is 7.74. The van der Waals surface area contributed by atoms with Gasteiger partial charge < -0.3 is 9.64 Å². The molecule has 3 aromatic rings. The molecule has 1 fully saturated rings. The Morgan fingerprint density at radius 1 is 0.742 bits per heavy atom. The average molecular weight is 412 g/mol. The minimum Gasteiger partial charge on any atom is -0.497 e. The maximum Gasteiger partial charge on any atom is 0.262 e. The summed E-state index contributed by atoms with van der Waals surface area (Å²) in [6.45, 7) is 1.95. The summed E-state index contributed by atoms with van der Waals surface area (Å²) in [7, 11) is 1.57. The summed E-state index contributed by atoms with van der Waals surface area (Å²) in [6, 6.07) is 20.2. The van der Waals surface area contributed by atoms with Crippen molar-refractivity contribution in [3.63, 3.8) is 0 Å². The van der Waals surface area contributed by atoms with E-state index in [0.29, 0.717) is 16.9 Å². The van der Waals surface area contributed by atoms with Gasteiger partial charge in [0, 0.05) is 5.69 Å². The summed E-state index contributed by atoms with van der Waals surface area (Å²) >= 11 is 0. The topological polar surface area (TPSA) is 66.9 Å². The van der Waals surface area contributed by atoms with E-state index in [1.807, 2.05) is 55.5 Å². The quantitative estimate of drug-likeness (QED) is 0.484. The third kappa shape index (κ3) is 2.83. The monoisotopic (exact) mass is 412 g/mol. The van der Waals surface area contributed by atoms with Gasteiger partial charge >= 0.3 is 0 Å². The summed E-state index contributed by atoms with van der Waals surface area (Å²) in [5, 5.41) is 0. The molecule has 2 unspecified atom stereocenters. The van der Waals surface area contributed by atoms with Gasteiger partial charge in [0.05, 0.1) is 24.3 Å². The number of aryl methyl sites for hydroxylation is 1. The van der Waals surface area contributed by atoms with Crippen LogP contribution in [0.1, 0.15) is 37.9 Å². The molecule has 0 radical (unpaired) electrons. The highest BCUT2D eigenvalue weighted by molar-refractivity contribution is 6.24. The van der Waals surface area contributed by atoms with E-state index >= 15 is 0 Å². The van der Waals surface area contributed by atoms with E-state index in [2.05, 4.69) is 0 Å². The molecule has 0 spiro atoms. The fraction of sp³-hybridized carbons (Fsp3) is 0.160. The minimum atomic E-state index is -0.917. The number of β-lactam (4-membered cyclic amide) rings is 1. The fourth-order valence-corrected chi connectivity index (χ4v) is 4.41. The number of anilines is 1. The van der Waals surface area contributed by atoms with Gasteiger partial charge in [0.1, 0.15) is 11.8 Å². The normalized spacial score (nSPS) is 20.0. The molecular weight excluding hydrogens is 392 g/mol. The molecular formula is C25H20N2O4. The zero-order valence-electron chi connectivity index (χ0n) is 17.1. The lowest BCUT2D eigenvalue weighted by atomic mass is 9.86. The maximum absolute atomic E-state index is 13.4. The highest BCUT2D eigenvalue weighted by Crippen LogP contribution is 2.44. The number of carbonyl (C=O) groups is 3. The van der Waals surface area contributed by atoms with Crippen LogP contribution in [0.4, 0.5) is 5.69 Å². The second kappa shape index (κ2) is 7.09. The van der Waals surface area contributed by atoms with Crippen molar-refractivity contribution in [1.82, 2.24) is 4.90 Å². The van der Waals surface area contributed by atoms with Gasteiger partial charge in [0.15, 0.2) is 0 Å². The van der Waals surface area contributed by atoms with Crippen molar-refractivity contribution in [2.24, 2.45) is 0 Å². The summed E-state index contributed by atoms with van der Waals surface area (Å²) in [6.07, 6.45) is 0. The highest BCUT2D eigenvalue weighted by Gasteiger charge is 2.57. The zero-order valence-corrected chi connectivity index (χ0v) is 17.1. The second-order valence-corrected chi connectivity index (χ2v) is 7.74. The first-order valence-electron chi connectivity index (χ1n) is 10.0. The first-order chi connectivity index (χ1) is 15.0. The number of methoxy groups -OCH3 is 1. The number of ether oxygens (including phenoxy) is 1. The summed E-state index contributed by atoms with van der Waals surface area (Å²) in [5.74, 6) is -0.512. The minimum absolute atomic E-state index is 0.284. The summed E-state index contributed by atoms with van der Waals surface area (Å²) in [4.78, 5) is 42.3. The average Bonchev–Trinajstić information content (AvgIpc) is 3.03. The molecule has 3 amide bonds. The largest absolute Gasteiger partial charge is 0.497 e. The van der Waals surface area contributed by atoms with Gasteiger partial charge in [-0.25, -0.2) is 0 Å². The third-order valence-corrected chi connectivity index (χ3v) is 5.89. The molecule has 0 aliphatic carbocycles. The van der Waals surface area contributed by atoms with Crippen molar-refractivity contribution in [2.75, 3.05) is 12.0 Å². The number of amides is 3. The van der Waals surface area contributed by atoms with E-state index in [9.17, 15) is 14.4 Å². The maximum atomic E-state index is 13.4. The summed E-state index contributed by atoms with van der Waals surface area (Å²) in [5.41, 5.74) is 3.20. The Labute approximate surface area is 179 Å². The third-order valence-electron chi connectivity index (χ3n) is 5.89.